The first kappa shape index (κ1) is 24.1. The number of benzene rings is 1. The predicted molar refractivity (Wildman–Crippen MR) is 121 cm³/mol. The van der Waals surface area contributed by atoms with Gasteiger partial charge in [-0.05, 0) is 29.5 Å². The molecule has 3 N–H and O–H groups in total. The number of hydrogen-bond donors (Lipinski definition) is 2. The number of alkyl halides is 1. The van der Waals surface area contributed by atoms with Crippen LogP contribution in [0.15, 0.2) is 36.8 Å². The Hall–Kier alpha value is -2.58. The molecule has 0 unspecified atom stereocenters. The fourth-order valence-corrected chi connectivity index (χ4v) is 4.13. The molecule has 2 heterocycles. The van der Waals surface area contributed by atoms with Gasteiger partial charge < -0.3 is 16.0 Å². The number of aromatic nitrogens is 2. The van der Waals surface area contributed by atoms with E-state index in [-0.39, 0.29) is 24.9 Å². The highest BCUT2D eigenvalue weighted by molar-refractivity contribution is 6.30. The van der Waals surface area contributed by atoms with Crippen molar-refractivity contribution >= 4 is 23.4 Å². The lowest BCUT2D eigenvalue weighted by Crippen LogP contribution is -2.51. The van der Waals surface area contributed by atoms with E-state index in [1.807, 2.05) is 26.8 Å². The number of likely N-dealkylation sites (tertiary alicyclic amines) is 1. The molecule has 0 bridgehead atoms. The molecule has 0 radical (unpaired) electrons. The maximum Gasteiger partial charge on any atom is 0.243 e. The number of amides is 2. The second kappa shape index (κ2) is 9.92. The minimum atomic E-state index is -1.27. The Morgan fingerprint density at radius 1 is 1.34 bits per heavy atom. The monoisotopic (exact) mass is 461 g/mol. The van der Waals surface area contributed by atoms with E-state index in [0.717, 1.165) is 11.1 Å². The minimum Gasteiger partial charge on any atom is -0.350 e. The van der Waals surface area contributed by atoms with E-state index < -0.39 is 30.1 Å². The van der Waals surface area contributed by atoms with Crippen LogP contribution < -0.4 is 11.1 Å². The van der Waals surface area contributed by atoms with Gasteiger partial charge in [0.1, 0.15) is 12.2 Å². The molecule has 0 spiro atoms. The second-order valence-corrected chi connectivity index (χ2v) is 9.76. The summed E-state index contributed by atoms with van der Waals surface area (Å²) in [6.45, 7) is 5.95. The number of nitrogens with one attached hydrogen (secondary N) is 1. The lowest BCUT2D eigenvalue weighted by atomic mass is 9.88. The molecule has 3 atom stereocenters. The van der Waals surface area contributed by atoms with Crippen LogP contribution >= 0.6 is 11.6 Å². The summed E-state index contributed by atoms with van der Waals surface area (Å²) in [6.07, 6.45) is 3.90. The van der Waals surface area contributed by atoms with Crippen LogP contribution in [-0.4, -0.2) is 51.5 Å². The normalized spacial score (nSPS) is 19.6. The Morgan fingerprint density at radius 2 is 2.09 bits per heavy atom. The Bertz CT molecular complexity index is 967. The third kappa shape index (κ3) is 6.01. The largest absolute Gasteiger partial charge is 0.350 e. The van der Waals surface area contributed by atoms with E-state index in [2.05, 4.69) is 15.3 Å². The van der Waals surface area contributed by atoms with Crippen molar-refractivity contribution in [2.45, 2.75) is 58.4 Å². The molecular formula is C23H29ClFN5O2. The average Bonchev–Trinajstić information content (AvgIpc) is 3.12. The molecule has 9 heteroatoms. The van der Waals surface area contributed by atoms with Crippen molar-refractivity contribution in [3.05, 3.63) is 47.4 Å². The summed E-state index contributed by atoms with van der Waals surface area (Å²) in [5, 5.41) is 3.33. The molecule has 172 valence electrons. The third-order valence-corrected chi connectivity index (χ3v) is 5.58. The Labute approximate surface area is 192 Å². The van der Waals surface area contributed by atoms with E-state index in [1.165, 1.54) is 4.90 Å². The molecule has 3 rings (SSSR count). The van der Waals surface area contributed by atoms with Crippen LogP contribution in [0.5, 0.6) is 0 Å². The molecular weight excluding hydrogens is 433 g/mol. The summed E-state index contributed by atoms with van der Waals surface area (Å²) in [6, 6.07) is 3.59. The number of halogens is 2. The van der Waals surface area contributed by atoms with Crippen molar-refractivity contribution in [1.29, 1.82) is 0 Å². The molecule has 1 aliphatic rings. The van der Waals surface area contributed by atoms with Gasteiger partial charge in [-0.2, -0.15) is 0 Å². The fourth-order valence-electron chi connectivity index (χ4n) is 3.93. The summed E-state index contributed by atoms with van der Waals surface area (Å²) in [4.78, 5) is 35.5. The standard InChI is InChI=1S/C23H29ClFN5O2/c1-23(2,3)10-18(26)22(32)30-13-16(25)9-20(30)21(31)29-11-14-8-15(24)4-5-17(14)19-12-27-6-7-28-19/h4-8,12,16,18,20H,9-11,13,26H2,1-3H3,(H,29,31)/t16-,18-,20+/m1/s1. The number of rotatable bonds is 6. The van der Waals surface area contributed by atoms with Gasteiger partial charge >= 0.3 is 0 Å². The summed E-state index contributed by atoms with van der Waals surface area (Å²) in [5.74, 6) is -0.824. The van der Waals surface area contributed by atoms with E-state index in [0.29, 0.717) is 17.1 Å². The zero-order valence-corrected chi connectivity index (χ0v) is 19.3. The Balaban J connectivity index is 1.73. The number of hydrogen-bond acceptors (Lipinski definition) is 5. The van der Waals surface area contributed by atoms with Gasteiger partial charge in [-0.25, -0.2) is 4.39 Å². The van der Waals surface area contributed by atoms with Gasteiger partial charge in [0.15, 0.2) is 0 Å². The summed E-state index contributed by atoms with van der Waals surface area (Å²) < 4.78 is 14.2. The summed E-state index contributed by atoms with van der Waals surface area (Å²) in [7, 11) is 0. The number of nitrogens with zero attached hydrogens (tertiary/aromatic N) is 3. The van der Waals surface area contributed by atoms with Crippen molar-refractivity contribution in [1.82, 2.24) is 20.2 Å². The molecule has 1 aromatic heterocycles. The smallest absolute Gasteiger partial charge is 0.243 e. The number of carbonyl (C=O) groups is 2. The van der Waals surface area contributed by atoms with Crippen LogP contribution in [0.1, 0.15) is 39.2 Å². The van der Waals surface area contributed by atoms with Gasteiger partial charge in [0, 0.05) is 35.9 Å². The highest BCUT2D eigenvalue weighted by Crippen LogP contribution is 2.27. The van der Waals surface area contributed by atoms with Crippen LogP contribution in [0, 0.1) is 5.41 Å². The van der Waals surface area contributed by atoms with Crippen molar-refractivity contribution in [2.75, 3.05) is 6.54 Å². The topological polar surface area (TPSA) is 101 Å². The molecule has 32 heavy (non-hydrogen) atoms. The van der Waals surface area contributed by atoms with E-state index in [1.54, 1.807) is 30.7 Å². The molecule has 0 saturated carbocycles. The van der Waals surface area contributed by atoms with Crippen molar-refractivity contribution < 1.29 is 14.0 Å². The molecule has 1 aliphatic heterocycles. The second-order valence-electron chi connectivity index (χ2n) is 9.32. The quantitative estimate of drug-likeness (QED) is 0.688. The van der Waals surface area contributed by atoms with E-state index >= 15 is 0 Å². The molecule has 1 aromatic carbocycles. The van der Waals surface area contributed by atoms with Gasteiger partial charge in [0.25, 0.3) is 0 Å². The zero-order chi connectivity index (χ0) is 23.5. The van der Waals surface area contributed by atoms with E-state index in [9.17, 15) is 14.0 Å². The summed E-state index contributed by atoms with van der Waals surface area (Å²) in [5.41, 5.74) is 8.08. The molecule has 0 aliphatic carbocycles. The lowest BCUT2D eigenvalue weighted by Gasteiger charge is -2.29. The van der Waals surface area contributed by atoms with Gasteiger partial charge in [-0.1, -0.05) is 38.4 Å². The maximum absolute atomic E-state index is 14.2. The van der Waals surface area contributed by atoms with Crippen LogP contribution in [-0.2, 0) is 16.1 Å². The first-order chi connectivity index (χ1) is 15.0. The highest BCUT2D eigenvalue weighted by atomic mass is 35.5. The first-order valence-corrected chi connectivity index (χ1v) is 11.0. The van der Waals surface area contributed by atoms with Crippen LogP contribution in [0.3, 0.4) is 0 Å². The molecule has 1 fully saturated rings. The number of carbonyl (C=O) groups excluding carboxylic acids is 2. The molecule has 2 aromatic rings. The van der Waals surface area contributed by atoms with Gasteiger partial charge in [-0.15, -0.1) is 0 Å². The fraction of sp³-hybridized carbons (Fsp3) is 0.478. The predicted octanol–water partition coefficient (Wildman–Crippen LogP) is 3.12. The third-order valence-electron chi connectivity index (χ3n) is 5.34. The minimum absolute atomic E-state index is 0.0492. The Morgan fingerprint density at radius 3 is 2.75 bits per heavy atom. The average molecular weight is 462 g/mol. The van der Waals surface area contributed by atoms with Crippen molar-refractivity contribution in [3.8, 4) is 11.3 Å². The zero-order valence-electron chi connectivity index (χ0n) is 18.5. The van der Waals surface area contributed by atoms with Crippen LogP contribution in [0.25, 0.3) is 11.3 Å². The van der Waals surface area contributed by atoms with E-state index in [4.69, 9.17) is 17.3 Å². The van der Waals surface area contributed by atoms with Gasteiger partial charge in [0.05, 0.1) is 24.5 Å². The highest BCUT2D eigenvalue weighted by Gasteiger charge is 2.41. The van der Waals surface area contributed by atoms with Gasteiger partial charge in [0.2, 0.25) is 11.8 Å². The van der Waals surface area contributed by atoms with Crippen LogP contribution in [0.4, 0.5) is 4.39 Å². The van der Waals surface area contributed by atoms with Gasteiger partial charge in [-0.3, -0.25) is 19.6 Å². The molecule has 1 saturated heterocycles. The molecule has 7 nitrogen and oxygen atoms in total. The summed E-state index contributed by atoms with van der Waals surface area (Å²) >= 11 is 6.15. The number of nitrogens with two attached hydrogens (primary N) is 1. The molecule has 2 amide bonds. The Kier molecular flexibility index (Phi) is 7.46. The van der Waals surface area contributed by atoms with Crippen LogP contribution in [0.2, 0.25) is 5.02 Å². The maximum atomic E-state index is 14.2. The first-order valence-electron chi connectivity index (χ1n) is 10.6. The lowest BCUT2D eigenvalue weighted by molar-refractivity contribution is -0.140. The SMILES string of the molecule is CC(C)(C)C[C@@H](N)C(=O)N1C[C@H](F)C[C@H]1C(=O)NCc1cc(Cl)ccc1-c1cnccn1. The van der Waals surface area contributed by atoms with Crippen molar-refractivity contribution in [2.24, 2.45) is 11.1 Å². The van der Waals surface area contributed by atoms with Crippen molar-refractivity contribution in [3.63, 3.8) is 0 Å².